The average Bonchev–Trinajstić information content (AvgIpc) is 2.32. The smallest absolute Gasteiger partial charge is 0.128 e. The number of benzene rings is 1. The van der Waals surface area contributed by atoms with E-state index < -0.39 is 0 Å². The van der Waals surface area contributed by atoms with Crippen LogP contribution in [0.4, 0.5) is 0 Å². The lowest BCUT2D eigenvalue weighted by Crippen LogP contribution is -2.61. The molecule has 1 aromatic carbocycles. The van der Waals surface area contributed by atoms with Crippen molar-refractivity contribution in [3.8, 4) is 5.75 Å². The van der Waals surface area contributed by atoms with Crippen LogP contribution >= 0.6 is 23.2 Å². The van der Waals surface area contributed by atoms with Crippen LogP contribution in [0, 0.1) is 0 Å². The summed E-state index contributed by atoms with van der Waals surface area (Å²) in [7, 11) is 1.71. The molecule has 0 bridgehead atoms. The van der Waals surface area contributed by atoms with Crippen LogP contribution in [0.15, 0.2) is 18.2 Å². The van der Waals surface area contributed by atoms with E-state index in [-0.39, 0.29) is 12.2 Å². The minimum absolute atomic E-state index is 0.0499. The summed E-state index contributed by atoms with van der Waals surface area (Å²) in [6, 6.07) is 5.60. The summed E-state index contributed by atoms with van der Waals surface area (Å²) in [6.07, 6.45) is 2.17. The van der Waals surface area contributed by atoms with E-state index in [1.54, 1.807) is 25.3 Å². The molecule has 106 valence electrons. The van der Waals surface area contributed by atoms with Crippen molar-refractivity contribution in [2.45, 2.75) is 38.0 Å². The molecule has 0 saturated heterocycles. The molecule has 1 fully saturated rings. The highest BCUT2D eigenvalue weighted by molar-refractivity contribution is 6.34. The minimum Gasteiger partial charge on any atom is -0.487 e. The zero-order valence-electron chi connectivity index (χ0n) is 11.2. The van der Waals surface area contributed by atoms with Crippen LogP contribution in [-0.4, -0.2) is 31.9 Å². The predicted octanol–water partition coefficient (Wildman–Crippen LogP) is 3.53. The zero-order chi connectivity index (χ0) is 13.8. The molecule has 0 spiro atoms. The number of hydrogen-bond donors (Lipinski definition) is 1. The van der Waals surface area contributed by atoms with Crippen LogP contribution in [0.3, 0.4) is 0 Å². The van der Waals surface area contributed by atoms with Crippen molar-refractivity contribution in [3.05, 3.63) is 28.2 Å². The first kappa shape index (κ1) is 14.9. The van der Waals surface area contributed by atoms with Gasteiger partial charge in [-0.2, -0.15) is 0 Å². The quantitative estimate of drug-likeness (QED) is 0.872. The third-order valence-corrected chi connectivity index (χ3v) is 3.74. The molecule has 0 aliphatic heterocycles. The Hall–Kier alpha value is -0.480. The number of rotatable bonds is 6. The summed E-state index contributed by atoms with van der Waals surface area (Å²) >= 11 is 11.9. The predicted molar refractivity (Wildman–Crippen MR) is 78.4 cm³/mol. The normalized spacial score (nSPS) is 26.0. The molecule has 0 amide bonds. The summed E-state index contributed by atoms with van der Waals surface area (Å²) < 4.78 is 11.4. The van der Waals surface area contributed by atoms with E-state index in [2.05, 4.69) is 12.2 Å². The van der Waals surface area contributed by atoms with Crippen LogP contribution in [0.25, 0.3) is 0 Å². The van der Waals surface area contributed by atoms with Crippen molar-refractivity contribution in [2.75, 3.05) is 13.7 Å². The van der Waals surface area contributed by atoms with E-state index in [0.29, 0.717) is 21.8 Å². The van der Waals surface area contributed by atoms with Crippen molar-refractivity contribution >= 4 is 23.2 Å². The van der Waals surface area contributed by atoms with Crippen LogP contribution in [0.5, 0.6) is 5.75 Å². The van der Waals surface area contributed by atoms with Crippen LogP contribution in [-0.2, 0) is 4.74 Å². The second-order valence-electron chi connectivity index (χ2n) is 4.76. The van der Waals surface area contributed by atoms with Gasteiger partial charge in [-0.15, -0.1) is 0 Å². The lowest BCUT2D eigenvalue weighted by molar-refractivity contribution is -0.0887. The van der Waals surface area contributed by atoms with Gasteiger partial charge in [0.2, 0.25) is 0 Å². The van der Waals surface area contributed by atoms with Gasteiger partial charge >= 0.3 is 0 Å². The molecule has 5 heteroatoms. The number of ether oxygens (including phenoxy) is 2. The Labute approximate surface area is 124 Å². The third-order valence-electron chi connectivity index (χ3n) is 3.30. The average molecular weight is 304 g/mol. The number of halogens is 2. The summed E-state index contributed by atoms with van der Waals surface area (Å²) in [5, 5.41) is 4.61. The molecular weight excluding hydrogens is 285 g/mol. The van der Waals surface area contributed by atoms with Crippen molar-refractivity contribution < 1.29 is 9.47 Å². The Morgan fingerprint density at radius 1 is 1.26 bits per heavy atom. The van der Waals surface area contributed by atoms with Crippen molar-refractivity contribution in [3.63, 3.8) is 0 Å². The van der Waals surface area contributed by atoms with Gasteiger partial charge in [0, 0.05) is 29.6 Å². The summed E-state index contributed by atoms with van der Waals surface area (Å²) in [6.45, 7) is 3.15. The Balaban J connectivity index is 1.93. The van der Waals surface area contributed by atoms with Gasteiger partial charge in [-0.05, 0) is 31.2 Å². The van der Waals surface area contributed by atoms with Crippen LogP contribution in [0.2, 0.25) is 10.0 Å². The van der Waals surface area contributed by atoms with Gasteiger partial charge in [0.05, 0.1) is 0 Å². The first-order chi connectivity index (χ1) is 9.13. The van der Waals surface area contributed by atoms with Gasteiger partial charge in [0.25, 0.3) is 0 Å². The number of hydrogen-bond acceptors (Lipinski definition) is 3. The van der Waals surface area contributed by atoms with E-state index >= 15 is 0 Å². The molecule has 3 nitrogen and oxygen atoms in total. The molecule has 19 heavy (non-hydrogen) atoms. The highest BCUT2D eigenvalue weighted by Gasteiger charge is 2.42. The maximum Gasteiger partial charge on any atom is 0.128 e. The van der Waals surface area contributed by atoms with Gasteiger partial charge in [0.15, 0.2) is 0 Å². The van der Waals surface area contributed by atoms with Crippen molar-refractivity contribution in [1.82, 2.24) is 5.32 Å². The third kappa shape index (κ3) is 3.76. The summed E-state index contributed by atoms with van der Waals surface area (Å²) in [5.74, 6) is 0.693. The maximum absolute atomic E-state index is 5.95. The van der Waals surface area contributed by atoms with Gasteiger partial charge in [-0.1, -0.05) is 30.1 Å². The molecule has 0 aromatic heterocycles. The van der Waals surface area contributed by atoms with E-state index in [1.807, 2.05) is 0 Å². The van der Waals surface area contributed by atoms with Crippen molar-refractivity contribution in [2.24, 2.45) is 0 Å². The first-order valence-electron chi connectivity index (χ1n) is 6.53. The monoisotopic (exact) mass is 303 g/mol. The molecular formula is C14H19Cl2NO2. The first-order valence-corrected chi connectivity index (χ1v) is 7.28. The van der Waals surface area contributed by atoms with Crippen LogP contribution < -0.4 is 10.1 Å². The van der Waals surface area contributed by atoms with Gasteiger partial charge in [0.1, 0.15) is 18.0 Å². The Morgan fingerprint density at radius 2 is 1.95 bits per heavy atom. The fourth-order valence-electron chi connectivity index (χ4n) is 2.31. The van der Waals surface area contributed by atoms with E-state index in [9.17, 15) is 0 Å². The molecule has 1 saturated carbocycles. The topological polar surface area (TPSA) is 30.5 Å². The highest BCUT2D eigenvalue weighted by atomic mass is 35.5. The Kier molecular flexibility index (Phi) is 5.34. The zero-order valence-corrected chi connectivity index (χ0v) is 12.7. The second kappa shape index (κ2) is 6.80. The number of nitrogens with one attached hydrogen (secondary N) is 1. The molecule has 0 radical (unpaired) electrons. The molecule has 3 unspecified atom stereocenters. The van der Waals surface area contributed by atoms with E-state index in [0.717, 1.165) is 19.4 Å². The fraction of sp³-hybridized carbons (Fsp3) is 0.571. The fourth-order valence-corrected chi connectivity index (χ4v) is 2.82. The van der Waals surface area contributed by atoms with E-state index in [4.69, 9.17) is 32.7 Å². The van der Waals surface area contributed by atoms with E-state index in [1.165, 1.54) is 0 Å². The lowest BCUT2D eigenvalue weighted by atomic mass is 9.85. The highest BCUT2D eigenvalue weighted by Crippen LogP contribution is 2.31. The molecule has 0 heterocycles. The summed E-state index contributed by atoms with van der Waals surface area (Å²) in [4.78, 5) is 0. The lowest BCUT2D eigenvalue weighted by Gasteiger charge is -2.43. The largest absolute Gasteiger partial charge is 0.487 e. The molecule has 1 N–H and O–H groups in total. The molecule has 3 atom stereocenters. The van der Waals surface area contributed by atoms with Gasteiger partial charge in [-0.25, -0.2) is 0 Å². The SMILES string of the molecule is CCCNC1CC(Oc2cc(Cl)cc(Cl)c2)C1OC. The Bertz CT molecular complexity index is 408. The molecule has 1 aromatic rings. The molecule has 2 rings (SSSR count). The number of methoxy groups -OCH3 is 1. The second-order valence-corrected chi connectivity index (χ2v) is 5.63. The van der Waals surface area contributed by atoms with Crippen LogP contribution in [0.1, 0.15) is 19.8 Å². The van der Waals surface area contributed by atoms with Gasteiger partial charge < -0.3 is 14.8 Å². The summed E-state index contributed by atoms with van der Waals surface area (Å²) in [5.41, 5.74) is 0. The maximum atomic E-state index is 5.95. The standard InChI is InChI=1S/C14H19Cl2NO2/c1-3-4-17-12-8-13(14(12)18-2)19-11-6-9(15)5-10(16)7-11/h5-7,12-14,17H,3-4,8H2,1-2H3. The minimum atomic E-state index is 0.0499. The molecule has 1 aliphatic rings. The molecule has 1 aliphatic carbocycles. The Morgan fingerprint density at radius 3 is 2.53 bits per heavy atom. The van der Waals surface area contributed by atoms with Gasteiger partial charge in [-0.3, -0.25) is 0 Å². The van der Waals surface area contributed by atoms with Crippen molar-refractivity contribution in [1.29, 1.82) is 0 Å².